The smallest absolute Gasteiger partial charge is 0.272 e. The summed E-state index contributed by atoms with van der Waals surface area (Å²) in [6.45, 7) is 1.78. The van der Waals surface area contributed by atoms with Crippen molar-refractivity contribution in [3.8, 4) is 11.4 Å². The Morgan fingerprint density at radius 3 is 2.54 bits per heavy atom. The molecule has 0 spiro atoms. The van der Waals surface area contributed by atoms with Crippen LogP contribution >= 0.6 is 35.0 Å². The van der Waals surface area contributed by atoms with E-state index in [2.05, 4.69) is 10.2 Å². The first kappa shape index (κ1) is 16.6. The number of hydrogen-bond donors (Lipinski definition) is 1. The topological polar surface area (TPSA) is 113 Å². The van der Waals surface area contributed by atoms with E-state index >= 15 is 0 Å². The van der Waals surface area contributed by atoms with Crippen molar-refractivity contribution < 1.29 is 9.34 Å². The first-order valence-corrected chi connectivity index (χ1v) is 8.02. The fourth-order valence-electron chi connectivity index (χ4n) is 1.99. The summed E-state index contributed by atoms with van der Waals surface area (Å²) in [6, 6.07) is 4.16. The molecule has 2 heterocycles. The Morgan fingerprint density at radius 1 is 1.33 bits per heavy atom. The van der Waals surface area contributed by atoms with E-state index < -0.39 is 4.92 Å². The third-order valence-electron chi connectivity index (χ3n) is 3.15. The molecule has 11 heteroatoms. The van der Waals surface area contributed by atoms with Crippen molar-refractivity contribution in [3.05, 3.63) is 50.4 Å². The lowest BCUT2D eigenvalue weighted by Crippen LogP contribution is -2.11. The van der Waals surface area contributed by atoms with Crippen molar-refractivity contribution >= 4 is 40.7 Å². The van der Waals surface area contributed by atoms with Gasteiger partial charge in [0.05, 0.1) is 31.7 Å². The van der Waals surface area contributed by atoms with Crippen molar-refractivity contribution in [1.82, 2.24) is 14.9 Å². The lowest BCUT2D eigenvalue weighted by molar-refractivity contribution is -0.384. The van der Waals surface area contributed by atoms with Crippen LogP contribution in [0.4, 0.5) is 5.69 Å². The molecule has 0 aliphatic rings. The Balaban J connectivity index is 1.97. The fraction of sp³-hybridized carbons (Fsp3) is 0.0769. The molecule has 24 heavy (non-hydrogen) atoms. The Hall–Kier alpha value is -2.23. The molecule has 0 aliphatic carbocycles. The zero-order valence-corrected chi connectivity index (χ0v) is 14.4. The molecule has 1 aromatic carbocycles. The highest BCUT2D eigenvalue weighted by Crippen LogP contribution is 2.40. The zero-order chi connectivity index (χ0) is 17.4. The minimum atomic E-state index is -0.572. The third-order valence-corrected chi connectivity index (χ3v) is 5.08. The molecule has 0 bridgehead atoms. The van der Waals surface area contributed by atoms with E-state index in [0.717, 1.165) is 11.8 Å². The molecule has 0 amide bonds. The molecule has 0 atom stereocenters. The van der Waals surface area contributed by atoms with Crippen LogP contribution in [0.2, 0.25) is 10.0 Å². The van der Waals surface area contributed by atoms with Gasteiger partial charge in [0.25, 0.3) is 5.69 Å². The van der Waals surface area contributed by atoms with Gasteiger partial charge in [0.2, 0.25) is 5.16 Å². The third kappa shape index (κ3) is 2.93. The second-order valence-corrected chi connectivity index (χ2v) is 6.46. The van der Waals surface area contributed by atoms with Gasteiger partial charge in [-0.3, -0.25) is 10.1 Å². The van der Waals surface area contributed by atoms with E-state index in [4.69, 9.17) is 33.5 Å². The number of hydrogen-bond acceptors (Lipinski definition) is 7. The summed E-state index contributed by atoms with van der Waals surface area (Å²) in [5.41, 5.74) is 0.510. The number of nitrogens with zero attached hydrogens (tertiary/aromatic N) is 4. The first-order valence-electron chi connectivity index (χ1n) is 6.44. The van der Waals surface area contributed by atoms with E-state index in [-0.39, 0.29) is 15.7 Å². The quantitative estimate of drug-likeness (QED) is 0.411. The minimum absolute atomic E-state index is 0.128. The summed E-state index contributed by atoms with van der Waals surface area (Å²) in [5.74, 6) is 7.09. The van der Waals surface area contributed by atoms with Crippen LogP contribution in [-0.4, -0.2) is 19.8 Å². The summed E-state index contributed by atoms with van der Waals surface area (Å²) in [6.07, 6.45) is 1.52. The number of nitrogen functional groups attached to an aromatic ring is 1. The van der Waals surface area contributed by atoms with Crippen LogP contribution in [0.15, 0.2) is 38.9 Å². The van der Waals surface area contributed by atoms with Crippen LogP contribution in [0.1, 0.15) is 5.76 Å². The van der Waals surface area contributed by atoms with Crippen LogP contribution in [0, 0.1) is 17.0 Å². The molecule has 0 aliphatic heterocycles. The van der Waals surface area contributed by atoms with E-state index in [1.54, 1.807) is 13.0 Å². The number of halogens is 2. The normalized spacial score (nSPS) is 11.0. The molecule has 0 saturated heterocycles. The maximum atomic E-state index is 10.8. The van der Waals surface area contributed by atoms with Gasteiger partial charge in [-0.2, -0.15) is 0 Å². The van der Waals surface area contributed by atoms with Gasteiger partial charge in [0, 0.05) is 12.1 Å². The highest BCUT2D eigenvalue weighted by molar-refractivity contribution is 7.99. The van der Waals surface area contributed by atoms with Crippen LogP contribution in [0.5, 0.6) is 0 Å². The Bertz CT molecular complexity index is 917. The van der Waals surface area contributed by atoms with Gasteiger partial charge in [-0.15, -0.1) is 10.2 Å². The van der Waals surface area contributed by atoms with E-state index in [0.29, 0.717) is 27.2 Å². The minimum Gasteiger partial charge on any atom is -0.469 e. The summed E-state index contributed by atoms with van der Waals surface area (Å²) in [7, 11) is 0. The molecule has 2 aromatic heterocycles. The van der Waals surface area contributed by atoms with Crippen LogP contribution in [0.3, 0.4) is 0 Å². The lowest BCUT2D eigenvalue weighted by Gasteiger charge is -2.06. The van der Waals surface area contributed by atoms with Crippen molar-refractivity contribution in [2.24, 2.45) is 0 Å². The van der Waals surface area contributed by atoms with E-state index in [1.165, 1.54) is 23.1 Å². The fourth-order valence-corrected chi connectivity index (χ4v) is 3.46. The first-order chi connectivity index (χ1) is 11.4. The van der Waals surface area contributed by atoms with E-state index in [1.807, 2.05) is 0 Å². The van der Waals surface area contributed by atoms with Gasteiger partial charge >= 0.3 is 0 Å². The molecule has 3 aromatic rings. The number of aryl methyl sites for hydroxylation is 1. The highest BCUT2D eigenvalue weighted by Gasteiger charge is 2.20. The summed E-state index contributed by atoms with van der Waals surface area (Å²) in [4.78, 5) is 10.7. The number of nitro benzene ring substituents is 1. The molecule has 0 fully saturated rings. The number of furan rings is 1. The van der Waals surface area contributed by atoms with Crippen LogP contribution < -0.4 is 5.84 Å². The number of aromatic nitrogens is 3. The zero-order valence-electron chi connectivity index (χ0n) is 12.1. The average molecular weight is 386 g/mol. The number of benzene rings is 1. The molecule has 0 unspecified atom stereocenters. The molecular formula is C13H9Cl2N5O3S. The van der Waals surface area contributed by atoms with Gasteiger partial charge in [-0.1, -0.05) is 23.2 Å². The predicted octanol–water partition coefficient (Wildman–Crippen LogP) is 3.93. The van der Waals surface area contributed by atoms with Gasteiger partial charge in [-0.25, -0.2) is 4.68 Å². The van der Waals surface area contributed by atoms with Crippen LogP contribution in [-0.2, 0) is 0 Å². The Labute approximate surface area is 149 Å². The van der Waals surface area contributed by atoms with Crippen molar-refractivity contribution in [1.29, 1.82) is 0 Å². The second kappa shape index (κ2) is 6.34. The van der Waals surface area contributed by atoms with Crippen molar-refractivity contribution in [2.75, 3.05) is 5.84 Å². The molecule has 0 saturated carbocycles. The molecule has 2 N–H and O–H groups in total. The second-order valence-electron chi connectivity index (χ2n) is 4.66. The number of nitrogens with two attached hydrogens (primary N) is 1. The monoisotopic (exact) mass is 385 g/mol. The van der Waals surface area contributed by atoms with Crippen LogP contribution in [0.25, 0.3) is 11.4 Å². The summed E-state index contributed by atoms with van der Waals surface area (Å²) < 4.78 is 6.50. The SMILES string of the molecule is Cc1occc1-c1nnc(Sc2c(Cl)cc([N+](=O)[O-])cc2Cl)n1N. The van der Waals surface area contributed by atoms with Crippen molar-refractivity contribution in [2.45, 2.75) is 17.0 Å². The molecule has 8 nitrogen and oxygen atoms in total. The largest absolute Gasteiger partial charge is 0.469 e. The maximum Gasteiger partial charge on any atom is 0.272 e. The predicted molar refractivity (Wildman–Crippen MR) is 89.9 cm³/mol. The van der Waals surface area contributed by atoms with E-state index in [9.17, 15) is 10.1 Å². The lowest BCUT2D eigenvalue weighted by atomic mass is 10.2. The molecule has 3 rings (SSSR count). The summed E-state index contributed by atoms with van der Waals surface area (Å²) >= 11 is 13.2. The number of nitro groups is 1. The highest BCUT2D eigenvalue weighted by atomic mass is 35.5. The molecule has 124 valence electrons. The van der Waals surface area contributed by atoms with Crippen molar-refractivity contribution in [3.63, 3.8) is 0 Å². The average Bonchev–Trinajstić information content (AvgIpc) is 3.08. The van der Waals surface area contributed by atoms with Gasteiger partial charge in [0.1, 0.15) is 5.76 Å². The Kier molecular flexibility index (Phi) is 4.39. The Morgan fingerprint density at radius 2 is 2.00 bits per heavy atom. The molecule has 0 radical (unpaired) electrons. The summed E-state index contributed by atoms with van der Waals surface area (Å²) in [5, 5.41) is 19.4. The van der Waals surface area contributed by atoms with Gasteiger partial charge in [-0.05, 0) is 24.8 Å². The number of non-ortho nitro benzene ring substituents is 1. The van der Waals surface area contributed by atoms with Gasteiger partial charge < -0.3 is 10.3 Å². The maximum absolute atomic E-state index is 10.8. The standard InChI is InChI=1S/C13H9Cl2N5O3S/c1-6-8(2-3-23-6)12-17-18-13(19(12)16)24-11-9(14)4-7(20(21)22)5-10(11)15/h2-5H,16H2,1H3. The number of rotatable bonds is 4. The van der Waals surface area contributed by atoms with Gasteiger partial charge in [0.15, 0.2) is 5.82 Å². The molecular weight excluding hydrogens is 377 g/mol.